The number of ether oxygens (including phenoxy) is 1. The van der Waals surface area contributed by atoms with E-state index in [2.05, 4.69) is 0 Å². The van der Waals surface area contributed by atoms with Gasteiger partial charge < -0.3 is 20.3 Å². The lowest BCUT2D eigenvalue weighted by atomic mass is 10.00. The predicted octanol–water partition coefficient (Wildman–Crippen LogP) is 2.22. The summed E-state index contributed by atoms with van der Waals surface area (Å²) in [5.74, 6) is 0.0700. The Balaban J connectivity index is 2.75. The minimum Gasteiger partial charge on any atom is -0.444 e. The van der Waals surface area contributed by atoms with Crippen LogP contribution in [0.25, 0.3) is 0 Å². The zero-order valence-corrected chi connectivity index (χ0v) is 15.5. The molecule has 23 heavy (non-hydrogen) atoms. The van der Waals surface area contributed by atoms with Gasteiger partial charge in [0.15, 0.2) is 0 Å². The summed E-state index contributed by atoms with van der Waals surface area (Å²) in [5.41, 5.74) is 5.51. The average molecular weight is 327 g/mol. The number of likely N-dealkylation sites (N-methyl/N-ethyl adjacent to an activating group) is 1. The largest absolute Gasteiger partial charge is 0.444 e. The summed E-state index contributed by atoms with van der Waals surface area (Å²) in [6.45, 7) is 13.2. The molecule has 6 heteroatoms. The van der Waals surface area contributed by atoms with Gasteiger partial charge in [0.2, 0.25) is 5.91 Å². The van der Waals surface area contributed by atoms with Crippen LogP contribution in [0.1, 0.15) is 54.4 Å². The summed E-state index contributed by atoms with van der Waals surface area (Å²) in [6.07, 6.45) is 1.45. The highest BCUT2D eigenvalue weighted by atomic mass is 16.6. The molecule has 0 aliphatic carbocycles. The van der Waals surface area contributed by atoms with Crippen molar-refractivity contribution in [3.8, 4) is 0 Å². The van der Waals surface area contributed by atoms with Crippen LogP contribution in [0.5, 0.6) is 0 Å². The predicted molar refractivity (Wildman–Crippen MR) is 91.0 cm³/mol. The smallest absolute Gasteiger partial charge is 0.410 e. The zero-order valence-electron chi connectivity index (χ0n) is 15.5. The Labute approximate surface area is 140 Å². The third-order valence-electron chi connectivity index (χ3n) is 4.12. The summed E-state index contributed by atoms with van der Waals surface area (Å²) in [4.78, 5) is 28.4. The minimum atomic E-state index is -0.510. The van der Waals surface area contributed by atoms with Crippen molar-refractivity contribution in [2.45, 2.75) is 72.1 Å². The van der Waals surface area contributed by atoms with Crippen molar-refractivity contribution in [2.24, 2.45) is 11.7 Å². The lowest BCUT2D eigenvalue weighted by Gasteiger charge is -2.40. The van der Waals surface area contributed by atoms with Crippen LogP contribution in [0, 0.1) is 5.92 Å². The monoisotopic (exact) mass is 327 g/mol. The molecule has 134 valence electrons. The molecule has 1 fully saturated rings. The molecule has 1 aliphatic heterocycles. The van der Waals surface area contributed by atoms with Crippen LogP contribution in [0.2, 0.25) is 0 Å². The summed E-state index contributed by atoms with van der Waals surface area (Å²) in [5, 5.41) is 0. The molecular weight excluding hydrogens is 294 g/mol. The van der Waals surface area contributed by atoms with E-state index in [0.29, 0.717) is 19.6 Å². The number of nitrogens with two attached hydrogens (primary N) is 1. The van der Waals surface area contributed by atoms with Gasteiger partial charge in [0.1, 0.15) is 5.60 Å². The first-order valence-corrected chi connectivity index (χ1v) is 8.60. The first kappa shape index (κ1) is 19.7. The molecule has 0 radical (unpaired) electrons. The second kappa shape index (κ2) is 7.99. The lowest BCUT2D eigenvalue weighted by molar-refractivity contribution is -0.136. The molecule has 0 aromatic rings. The normalized spacial score (nSPS) is 20.3. The molecule has 6 nitrogen and oxygen atoms in total. The van der Waals surface area contributed by atoms with Gasteiger partial charge in [-0.15, -0.1) is 0 Å². The van der Waals surface area contributed by atoms with Gasteiger partial charge in [-0.3, -0.25) is 4.79 Å². The highest BCUT2D eigenvalue weighted by Gasteiger charge is 2.34. The maximum Gasteiger partial charge on any atom is 0.410 e. The Kier molecular flexibility index (Phi) is 6.86. The highest BCUT2D eigenvalue weighted by molar-refractivity contribution is 5.82. The average Bonchev–Trinajstić information content (AvgIpc) is 2.45. The first-order chi connectivity index (χ1) is 10.6. The van der Waals surface area contributed by atoms with Crippen molar-refractivity contribution in [1.82, 2.24) is 9.80 Å². The van der Waals surface area contributed by atoms with Crippen molar-refractivity contribution in [2.75, 3.05) is 19.6 Å². The molecular formula is C17H33N3O3. The van der Waals surface area contributed by atoms with E-state index in [1.165, 1.54) is 0 Å². The second-order valence-corrected chi connectivity index (χ2v) is 7.62. The fourth-order valence-electron chi connectivity index (χ4n) is 2.77. The number of piperidine rings is 1. The quantitative estimate of drug-likeness (QED) is 0.859. The molecule has 1 rings (SSSR count). The van der Waals surface area contributed by atoms with Gasteiger partial charge in [-0.2, -0.15) is 0 Å². The van der Waals surface area contributed by atoms with Crippen molar-refractivity contribution in [3.05, 3.63) is 0 Å². The Bertz CT molecular complexity index is 418. The summed E-state index contributed by atoms with van der Waals surface area (Å²) >= 11 is 0. The number of nitrogens with zero attached hydrogens (tertiary/aromatic N) is 2. The van der Waals surface area contributed by atoms with E-state index in [1.807, 2.05) is 46.4 Å². The number of rotatable bonds is 4. The summed E-state index contributed by atoms with van der Waals surface area (Å²) < 4.78 is 5.44. The lowest BCUT2D eigenvalue weighted by Crippen LogP contribution is -2.56. The van der Waals surface area contributed by atoms with E-state index in [4.69, 9.17) is 10.5 Å². The third kappa shape index (κ3) is 5.68. The number of likely N-dealkylation sites (tertiary alicyclic amines) is 1. The number of hydrogen-bond donors (Lipinski definition) is 1. The maximum atomic E-state index is 12.6. The summed E-state index contributed by atoms with van der Waals surface area (Å²) in [7, 11) is 0. The van der Waals surface area contributed by atoms with E-state index in [-0.39, 0.29) is 24.0 Å². The summed E-state index contributed by atoms with van der Waals surface area (Å²) in [6, 6.07) is -0.481. The van der Waals surface area contributed by atoms with Crippen LogP contribution >= 0.6 is 0 Å². The van der Waals surface area contributed by atoms with Gasteiger partial charge >= 0.3 is 6.09 Å². The molecule has 0 spiro atoms. The van der Waals surface area contributed by atoms with Crippen LogP contribution in [-0.2, 0) is 9.53 Å². The van der Waals surface area contributed by atoms with Crippen LogP contribution < -0.4 is 5.73 Å². The highest BCUT2D eigenvalue weighted by Crippen LogP contribution is 2.20. The molecule has 1 heterocycles. The van der Waals surface area contributed by atoms with Crippen molar-refractivity contribution in [3.63, 3.8) is 0 Å². The van der Waals surface area contributed by atoms with Crippen LogP contribution in [0.15, 0.2) is 0 Å². The SMILES string of the molecule is CCN(C(=O)[C@@H](N)C(C)C)C1CCCN(C(=O)OC(C)(C)C)C1. The second-order valence-electron chi connectivity index (χ2n) is 7.62. The van der Waals surface area contributed by atoms with E-state index in [9.17, 15) is 9.59 Å². The van der Waals surface area contributed by atoms with E-state index >= 15 is 0 Å². The van der Waals surface area contributed by atoms with E-state index in [0.717, 1.165) is 12.8 Å². The standard InChI is InChI=1S/C17H33N3O3/c1-7-20(15(21)14(18)12(2)3)13-9-8-10-19(11-13)16(22)23-17(4,5)6/h12-14H,7-11,18H2,1-6H3/t13?,14-/m0/s1. The molecule has 2 N–H and O–H groups in total. The number of carbonyl (C=O) groups excluding carboxylic acids is 2. The Morgan fingerprint density at radius 3 is 2.43 bits per heavy atom. The molecule has 2 atom stereocenters. The fourth-order valence-corrected chi connectivity index (χ4v) is 2.77. The van der Waals surface area contributed by atoms with Gasteiger partial charge in [-0.1, -0.05) is 13.8 Å². The van der Waals surface area contributed by atoms with Gasteiger partial charge in [-0.25, -0.2) is 4.79 Å². The Hall–Kier alpha value is -1.30. The molecule has 1 aliphatic rings. The van der Waals surface area contributed by atoms with E-state index < -0.39 is 11.6 Å². The molecule has 1 saturated heterocycles. The Morgan fingerprint density at radius 2 is 1.96 bits per heavy atom. The molecule has 0 aromatic carbocycles. The van der Waals surface area contributed by atoms with E-state index in [1.54, 1.807) is 4.90 Å². The van der Waals surface area contributed by atoms with Gasteiger partial charge in [-0.05, 0) is 46.5 Å². The number of amides is 2. The number of carbonyl (C=O) groups is 2. The van der Waals surface area contributed by atoms with Crippen LogP contribution in [-0.4, -0.2) is 59.1 Å². The van der Waals surface area contributed by atoms with Crippen LogP contribution in [0.4, 0.5) is 4.79 Å². The van der Waals surface area contributed by atoms with Crippen LogP contribution in [0.3, 0.4) is 0 Å². The Morgan fingerprint density at radius 1 is 1.35 bits per heavy atom. The molecule has 1 unspecified atom stereocenters. The van der Waals surface area contributed by atoms with Gasteiger partial charge in [0, 0.05) is 25.7 Å². The van der Waals surface area contributed by atoms with Gasteiger partial charge in [0.05, 0.1) is 6.04 Å². The first-order valence-electron chi connectivity index (χ1n) is 8.60. The fraction of sp³-hybridized carbons (Fsp3) is 0.882. The van der Waals surface area contributed by atoms with Crippen molar-refractivity contribution >= 4 is 12.0 Å². The van der Waals surface area contributed by atoms with Crippen molar-refractivity contribution < 1.29 is 14.3 Å². The third-order valence-corrected chi connectivity index (χ3v) is 4.12. The van der Waals surface area contributed by atoms with Gasteiger partial charge in [0.25, 0.3) is 0 Å². The molecule has 0 saturated carbocycles. The minimum absolute atomic E-state index is 0.0126. The molecule has 2 amide bonds. The maximum absolute atomic E-state index is 12.6. The molecule has 0 bridgehead atoms. The van der Waals surface area contributed by atoms with Crippen molar-refractivity contribution in [1.29, 1.82) is 0 Å². The molecule has 0 aromatic heterocycles. The number of hydrogen-bond acceptors (Lipinski definition) is 4. The topological polar surface area (TPSA) is 75.9 Å². The zero-order chi connectivity index (χ0) is 17.8.